The van der Waals surface area contributed by atoms with E-state index in [0.717, 1.165) is 18.4 Å². The number of hydrogen-bond donors (Lipinski definition) is 1. The van der Waals surface area contributed by atoms with E-state index in [1.54, 1.807) is 27.0 Å². The molecule has 1 N–H and O–H groups in total. The van der Waals surface area contributed by atoms with Gasteiger partial charge in [-0.25, -0.2) is 13.1 Å². The van der Waals surface area contributed by atoms with Crippen LogP contribution in [0.5, 0.6) is 5.75 Å². The quantitative estimate of drug-likeness (QED) is 0.917. The maximum Gasteiger partial charge on any atom is 0.264 e. The second kappa shape index (κ2) is 5.51. The summed E-state index contributed by atoms with van der Waals surface area (Å²) in [5.74, 6) is 0.110. The van der Waals surface area contributed by atoms with Gasteiger partial charge >= 0.3 is 0 Å². The third-order valence-corrected chi connectivity index (χ3v) is 7.07. The van der Waals surface area contributed by atoms with Crippen LogP contribution in [0.4, 0.5) is 0 Å². The minimum Gasteiger partial charge on any atom is -0.496 e. The number of nitrogens with one attached hydrogen (secondary N) is 1. The van der Waals surface area contributed by atoms with Crippen LogP contribution < -0.4 is 9.46 Å². The lowest BCUT2D eigenvalue weighted by Crippen LogP contribution is -2.49. The average molecular weight is 337 g/mol. The molecule has 23 heavy (non-hydrogen) atoms. The molecule has 1 amide bonds. The van der Waals surface area contributed by atoms with Gasteiger partial charge in [0.2, 0.25) is 5.91 Å². The minimum atomic E-state index is -3.84. The Morgan fingerprint density at radius 1 is 1.22 bits per heavy atom. The molecule has 2 aliphatic rings. The summed E-state index contributed by atoms with van der Waals surface area (Å²) in [6.45, 7) is 3.53. The van der Waals surface area contributed by atoms with Crippen molar-refractivity contribution in [2.75, 3.05) is 7.11 Å². The molecule has 0 aromatic heterocycles. The van der Waals surface area contributed by atoms with Gasteiger partial charge in [0.1, 0.15) is 5.75 Å². The molecule has 3 rings (SSSR count). The van der Waals surface area contributed by atoms with Crippen molar-refractivity contribution >= 4 is 15.9 Å². The summed E-state index contributed by atoms with van der Waals surface area (Å²) >= 11 is 0. The molecular formula is C17H23NO4S. The SMILES string of the molecule is COc1ccc(S(=O)(=O)NC(=O)C2CC3(CCC3)C2)c(C)c1C. The predicted octanol–water partition coefficient (Wildman–Crippen LogP) is 2.70. The lowest BCUT2D eigenvalue weighted by Gasteiger charge is -2.53. The highest BCUT2D eigenvalue weighted by molar-refractivity contribution is 7.90. The van der Waals surface area contributed by atoms with Crippen LogP contribution in [0.1, 0.15) is 43.2 Å². The molecule has 0 bridgehead atoms. The summed E-state index contributed by atoms with van der Waals surface area (Å²) in [6, 6.07) is 3.11. The van der Waals surface area contributed by atoms with Crippen LogP contribution in [0.25, 0.3) is 0 Å². The lowest BCUT2D eigenvalue weighted by atomic mass is 9.52. The van der Waals surface area contributed by atoms with E-state index in [2.05, 4.69) is 4.72 Å². The summed E-state index contributed by atoms with van der Waals surface area (Å²) in [6.07, 6.45) is 5.25. The minimum absolute atomic E-state index is 0.141. The number of rotatable bonds is 4. The van der Waals surface area contributed by atoms with E-state index < -0.39 is 10.0 Å². The maximum absolute atomic E-state index is 12.5. The van der Waals surface area contributed by atoms with Crippen molar-refractivity contribution in [2.24, 2.45) is 11.3 Å². The molecule has 0 saturated heterocycles. The number of sulfonamides is 1. The monoisotopic (exact) mass is 337 g/mol. The molecule has 0 atom stereocenters. The van der Waals surface area contributed by atoms with Crippen molar-refractivity contribution in [1.29, 1.82) is 0 Å². The first-order chi connectivity index (χ1) is 10.8. The van der Waals surface area contributed by atoms with Crippen LogP contribution in [-0.4, -0.2) is 21.4 Å². The van der Waals surface area contributed by atoms with Gasteiger partial charge in [-0.1, -0.05) is 6.42 Å². The van der Waals surface area contributed by atoms with Gasteiger partial charge in [-0.15, -0.1) is 0 Å². The van der Waals surface area contributed by atoms with Crippen molar-refractivity contribution in [3.8, 4) is 5.75 Å². The van der Waals surface area contributed by atoms with Gasteiger partial charge < -0.3 is 4.74 Å². The Balaban J connectivity index is 1.74. The largest absolute Gasteiger partial charge is 0.496 e. The molecule has 2 saturated carbocycles. The summed E-state index contributed by atoms with van der Waals surface area (Å²) < 4.78 is 32.5. The zero-order valence-electron chi connectivity index (χ0n) is 13.8. The number of ether oxygens (including phenoxy) is 1. The fourth-order valence-corrected chi connectivity index (χ4v) is 5.15. The third-order valence-electron chi connectivity index (χ3n) is 5.58. The molecule has 0 aliphatic heterocycles. The van der Waals surface area contributed by atoms with Crippen molar-refractivity contribution in [3.05, 3.63) is 23.3 Å². The highest BCUT2D eigenvalue weighted by Crippen LogP contribution is 2.58. The fraction of sp³-hybridized carbons (Fsp3) is 0.588. The molecule has 2 aliphatic carbocycles. The van der Waals surface area contributed by atoms with Crippen molar-refractivity contribution in [1.82, 2.24) is 4.72 Å². The first-order valence-electron chi connectivity index (χ1n) is 7.99. The third kappa shape index (κ3) is 2.73. The summed E-state index contributed by atoms with van der Waals surface area (Å²) in [4.78, 5) is 12.4. The van der Waals surface area contributed by atoms with E-state index in [-0.39, 0.29) is 16.7 Å². The highest BCUT2D eigenvalue weighted by atomic mass is 32.2. The zero-order chi connectivity index (χ0) is 16.8. The van der Waals surface area contributed by atoms with Gasteiger partial charge in [0, 0.05) is 5.92 Å². The molecule has 2 fully saturated rings. The van der Waals surface area contributed by atoms with E-state index in [9.17, 15) is 13.2 Å². The van der Waals surface area contributed by atoms with Gasteiger partial charge in [-0.2, -0.15) is 0 Å². The molecule has 126 valence electrons. The Morgan fingerprint density at radius 2 is 1.87 bits per heavy atom. The standard InChI is InChI=1S/C17H23NO4S/c1-11-12(2)15(6-5-14(11)22-3)23(20,21)18-16(19)13-9-17(10-13)7-4-8-17/h5-6,13H,4,7-10H2,1-3H3,(H,18,19). The van der Waals surface area contributed by atoms with E-state index in [1.807, 2.05) is 0 Å². The van der Waals surface area contributed by atoms with Gasteiger partial charge in [0.05, 0.1) is 12.0 Å². The summed E-state index contributed by atoms with van der Waals surface area (Å²) in [5.41, 5.74) is 1.71. The Labute approximate surface area is 137 Å². The van der Waals surface area contributed by atoms with E-state index in [0.29, 0.717) is 16.7 Å². The van der Waals surface area contributed by atoms with Crippen LogP contribution in [0.15, 0.2) is 17.0 Å². The van der Waals surface area contributed by atoms with Crippen molar-refractivity contribution in [3.63, 3.8) is 0 Å². The number of benzene rings is 1. The number of methoxy groups -OCH3 is 1. The van der Waals surface area contributed by atoms with Crippen molar-refractivity contribution in [2.45, 2.75) is 50.8 Å². The van der Waals surface area contributed by atoms with Crippen molar-refractivity contribution < 1.29 is 17.9 Å². The first kappa shape index (κ1) is 16.3. The Hall–Kier alpha value is -1.56. The number of carbonyl (C=O) groups excluding carboxylic acids is 1. The molecule has 5 nitrogen and oxygen atoms in total. The normalized spacial score (nSPS) is 19.8. The van der Waals surface area contributed by atoms with Gasteiger partial charge in [-0.3, -0.25) is 4.79 Å². The maximum atomic E-state index is 12.5. The summed E-state index contributed by atoms with van der Waals surface area (Å²) in [7, 11) is -2.29. The lowest BCUT2D eigenvalue weighted by molar-refractivity contribution is -0.134. The van der Waals surface area contributed by atoms with Crippen LogP contribution in [-0.2, 0) is 14.8 Å². The second-order valence-electron chi connectivity index (χ2n) is 6.94. The molecule has 0 unspecified atom stereocenters. The fourth-order valence-electron chi connectivity index (χ4n) is 3.81. The molecular weight excluding hydrogens is 314 g/mol. The number of carbonyl (C=O) groups is 1. The second-order valence-corrected chi connectivity index (χ2v) is 8.60. The van der Waals surface area contributed by atoms with Crippen LogP contribution in [0.2, 0.25) is 0 Å². The highest BCUT2D eigenvalue weighted by Gasteiger charge is 2.51. The Bertz CT molecular complexity index is 742. The number of amides is 1. The van der Waals surface area contributed by atoms with Crippen LogP contribution in [0, 0.1) is 25.2 Å². The van der Waals surface area contributed by atoms with E-state index in [1.165, 1.54) is 25.3 Å². The van der Waals surface area contributed by atoms with Crippen LogP contribution >= 0.6 is 0 Å². The topological polar surface area (TPSA) is 72.5 Å². The van der Waals surface area contributed by atoms with Gasteiger partial charge in [0.25, 0.3) is 10.0 Å². The van der Waals surface area contributed by atoms with E-state index >= 15 is 0 Å². The van der Waals surface area contributed by atoms with E-state index in [4.69, 9.17) is 4.74 Å². The predicted molar refractivity (Wildman–Crippen MR) is 86.8 cm³/mol. The zero-order valence-corrected chi connectivity index (χ0v) is 14.6. The molecule has 1 aromatic carbocycles. The molecule has 1 aromatic rings. The molecule has 1 spiro atoms. The van der Waals surface area contributed by atoms with Crippen LogP contribution in [0.3, 0.4) is 0 Å². The smallest absolute Gasteiger partial charge is 0.264 e. The summed E-state index contributed by atoms with van der Waals surface area (Å²) in [5, 5.41) is 0. The van der Waals surface area contributed by atoms with Gasteiger partial charge in [0.15, 0.2) is 0 Å². The average Bonchev–Trinajstić information content (AvgIpc) is 2.37. The first-order valence-corrected chi connectivity index (χ1v) is 9.47. The molecule has 0 heterocycles. The van der Waals surface area contributed by atoms with Gasteiger partial charge in [-0.05, 0) is 68.2 Å². The Morgan fingerprint density at radius 3 is 2.39 bits per heavy atom. The molecule has 6 heteroatoms. The molecule has 0 radical (unpaired) electrons. The Kier molecular flexibility index (Phi) is 3.91. The number of hydrogen-bond acceptors (Lipinski definition) is 4.